The summed E-state index contributed by atoms with van der Waals surface area (Å²) in [7, 11) is 0.870. The lowest BCUT2D eigenvalue weighted by Gasteiger charge is -2.14. The van der Waals surface area contributed by atoms with E-state index in [2.05, 4.69) is 5.32 Å². The molecule has 0 aromatic heterocycles. The Labute approximate surface area is 142 Å². The predicted molar refractivity (Wildman–Crippen MR) is 93.0 cm³/mol. The zero-order chi connectivity index (χ0) is 17.9. The summed E-state index contributed by atoms with van der Waals surface area (Å²) in [5.74, 6) is 0.316. The molecule has 2 aromatic carbocycles. The molecular weight excluding hydrogens is 328 g/mol. The summed E-state index contributed by atoms with van der Waals surface area (Å²) in [6.45, 7) is 1.76. The maximum absolute atomic E-state index is 12.5. The van der Waals surface area contributed by atoms with Crippen molar-refractivity contribution in [1.82, 2.24) is 4.31 Å². The number of carbonyl (C=O) groups is 1. The van der Waals surface area contributed by atoms with Crippen molar-refractivity contribution < 1.29 is 17.9 Å². The molecule has 0 saturated carbocycles. The predicted octanol–water partition coefficient (Wildman–Crippen LogP) is 2.51. The lowest BCUT2D eigenvalue weighted by atomic mass is 10.1. The fourth-order valence-corrected chi connectivity index (χ4v) is 3.02. The van der Waals surface area contributed by atoms with Crippen LogP contribution in [0.3, 0.4) is 0 Å². The maximum atomic E-state index is 12.5. The van der Waals surface area contributed by atoms with Gasteiger partial charge in [0.1, 0.15) is 5.75 Å². The second-order valence-electron chi connectivity index (χ2n) is 5.45. The molecule has 0 bridgehead atoms. The lowest BCUT2D eigenvalue weighted by molar-refractivity contribution is 0.102. The first-order valence-corrected chi connectivity index (χ1v) is 8.68. The van der Waals surface area contributed by atoms with Crippen LogP contribution in [-0.4, -0.2) is 39.8 Å². The minimum Gasteiger partial charge on any atom is -0.497 e. The van der Waals surface area contributed by atoms with Crippen LogP contribution in [-0.2, 0) is 10.0 Å². The molecule has 0 radical (unpaired) electrons. The van der Waals surface area contributed by atoms with Gasteiger partial charge < -0.3 is 10.1 Å². The Morgan fingerprint density at radius 3 is 2.25 bits per heavy atom. The van der Waals surface area contributed by atoms with E-state index in [0.717, 1.165) is 4.31 Å². The molecule has 1 N–H and O–H groups in total. The lowest BCUT2D eigenvalue weighted by Crippen LogP contribution is -2.23. The number of ether oxygens (including phenoxy) is 1. The van der Waals surface area contributed by atoms with E-state index in [1.165, 1.54) is 26.2 Å². The van der Waals surface area contributed by atoms with Gasteiger partial charge in [-0.1, -0.05) is 6.07 Å². The van der Waals surface area contributed by atoms with E-state index < -0.39 is 10.0 Å². The topological polar surface area (TPSA) is 75.7 Å². The van der Waals surface area contributed by atoms with Crippen LogP contribution in [0.1, 0.15) is 15.9 Å². The minimum absolute atomic E-state index is 0.0815. The van der Waals surface area contributed by atoms with Crippen LogP contribution in [0, 0.1) is 6.92 Å². The summed E-state index contributed by atoms with van der Waals surface area (Å²) in [4.78, 5) is 12.6. The molecule has 0 aliphatic carbocycles. The van der Waals surface area contributed by atoms with Crippen LogP contribution >= 0.6 is 0 Å². The van der Waals surface area contributed by atoms with Crippen molar-refractivity contribution in [2.75, 3.05) is 26.5 Å². The smallest absolute Gasteiger partial charge is 0.255 e. The highest BCUT2D eigenvalue weighted by Gasteiger charge is 2.20. The molecule has 2 rings (SSSR count). The van der Waals surface area contributed by atoms with Gasteiger partial charge in [0.25, 0.3) is 5.91 Å². The number of anilines is 1. The maximum Gasteiger partial charge on any atom is 0.255 e. The van der Waals surface area contributed by atoms with Crippen molar-refractivity contribution in [3.05, 3.63) is 53.6 Å². The fraction of sp³-hybridized carbons (Fsp3) is 0.235. The van der Waals surface area contributed by atoms with E-state index in [0.29, 0.717) is 22.6 Å². The number of amides is 1. The highest BCUT2D eigenvalue weighted by Crippen LogP contribution is 2.20. The Kier molecular flexibility index (Phi) is 5.26. The van der Waals surface area contributed by atoms with Gasteiger partial charge in [0.15, 0.2) is 0 Å². The summed E-state index contributed by atoms with van der Waals surface area (Å²) < 4.78 is 30.6. The van der Waals surface area contributed by atoms with E-state index >= 15 is 0 Å². The van der Waals surface area contributed by atoms with Crippen molar-refractivity contribution in [2.45, 2.75) is 11.8 Å². The molecule has 0 saturated heterocycles. The average Bonchev–Trinajstić information content (AvgIpc) is 2.55. The third-order valence-electron chi connectivity index (χ3n) is 3.58. The number of rotatable bonds is 5. The fourth-order valence-electron chi connectivity index (χ4n) is 2.09. The molecule has 0 aliphatic rings. The van der Waals surface area contributed by atoms with Crippen LogP contribution in [0.5, 0.6) is 5.75 Å². The molecule has 0 spiro atoms. The van der Waals surface area contributed by atoms with Crippen LogP contribution in [0.15, 0.2) is 47.4 Å². The summed E-state index contributed by atoms with van der Waals surface area (Å²) in [5, 5.41) is 2.76. The number of hydrogen-bond acceptors (Lipinski definition) is 4. The van der Waals surface area contributed by atoms with Gasteiger partial charge in [-0.3, -0.25) is 4.79 Å². The first-order chi connectivity index (χ1) is 11.3. The first kappa shape index (κ1) is 18.0. The molecule has 1 amide bonds. The Hall–Kier alpha value is -2.38. The molecular formula is C17H20N2O4S. The highest BCUT2D eigenvalue weighted by atomic mass is 32.2. The zero-order valence-electron chi connectivity index (χ0n) is 14.0. The van der Waals surface area contributed by atoms with E-state index in [-0.39, 0.29) is 10.8 Å². The van der Waals surface area contributed by atoms with Crippen molar-refractivity contribution in [3.8, 4) is 5.75 Å². The molecule has 0 atom stereocenters. The highest BCUT2D eigenvalue weighted by molar-refractivity contribution is 7.89. The Morgan fingerprint density at radius 2 is 1.71 bits per heavy atom. The Morgan fingerprint density at radius 1 is 1.08 bits per heavy atom. The molecule has 7 heteroatoms. The third-order valence-corrected chi connectivity index (χ3v) is 5.39. The van der Waals surface area contributed by atoms with Gasteiger partial charge >= 0.3 is 0 Å². The second-order valence-corrected chi connectivity index (χ2v) is 7.60. The van der Waals surface area contributed by atoms with Crippen molar-refractivity contribution >= 4 is 21.6 Å². The molecule has 2 aromatic rings. The standard InChI is InChI=1S/C17H20N2O4S/c1-12-5-10-15(24(21,22)19(2)3)11-16(12)17(20)18-13-6-8-14(23-4)9-7-13/h5-11H,1-4H3,(H,18,20). The number of nitrogens with one attached hydrogen (secondary N) is 1. The van der Waals surface area contributed by atoms with Crippen LogP contribution in [0.4, 0.5) is 5.69 Å². The normalized spacial score (nSPS) is 11.4. The van der Waals surface area contributed by atoms with Gasteiger partial charge in [-0.2, -0.15) is 0 Å². The van der Waals surface area contributed by atoms with Gasteiger partial charge in [0.2, 0.25) is 10.0 Å². The monoisotopic (exact) mass is 348 g/mol. The molecule has 128 valence electrons. The SMILES string of the molecule is COc1ccc(NC(=O)c2cc(S(=O)(=O)N(C)C)ccc2C)cc1. The molecule has 0 aliphatic heterocycles. The summed E-state index contributed by atoms with van der Waals surface area (Å²) >= 11 is 0. The van der Waals surface area contributed by atoms with Crippen LogP contribution < -0.4 is 10.1 Å². The Balaban J connectivity index is 2.31. The van der Waals surface area contributed by atoms with E-state index in [1.807, 2.05) is 0 Å². The van der Waals surface area contributed by atoms with Gasteiger partial charge in [0.05, 0.1) is 12.0 Å². The quantitative estimate of drug-likeness (QED) is 0.901. The molecule has 0 fully saturated rings. The molecule has 24 heavy (non-hydrogen) atoms. The molecule has 6 nitrogen and oxygen atoms in total. The van der Waals surface area contributed by atoms with E-state index in [9.17, 15) is 13.2 Å². The summed E-state index contributed by atoms with van der Waals surface area (Å²) in [5.41, 5.74) is 1.61. The second kappa shape index (κ2) is 7.02. The first-order valence-electron chi connectivity index (χ1n) is 7.24. The van der Waals surface area contributed by atoms with Crippen molar-refractivity contribution in [2.24, 2.45) is 0 Å². The number of nitrogens with zero attached hydrogens (tertiary/aromatic N) is 1. The summed E-state index contributed by atoms with van der Waals surface area (Å²) in [6.07, 6.45) is 0. The van der Waals surface area contributed by atoms with E-state index in [4.69, 9.17) is 4.74 Å². The largest absolute Gasteiger partial charge is 0.497 e. The number of hydrogen-bond donors (Lipinski definition) is 1. The molecule has 0 heterocycles. The van der Waals surface area contributed by atoms with Crippen molar-refractivity contribution in [1.29, 1.82) is 0 Å². The third kappa shape index (κ3) is 3.74. The van der Waals surface area contributed by atoms with Gasteiger partial charge in [-0.25, -0.2) is 12.7 Å². The average molecular weight is 348 g/mol. The van der Waals surface area contributed by atoms with Crippen LogP contribution in [0.2, 0.25) is 0 Å². The van der Waals surface area contributed by atoms with Gasteiger partial charge in [0, 0.05) is 25.3 Å². The van der Waals surface area contributed by atoms with Gasteiger partial charge in [-0.15, -0.1) is 0 Å². The van der Waals surface area contributed by atoms with E-state index in [1.54, 1.807) is 44.4 Å². The number of methoxy groups -OCH3 is 1. The number of carbonyl (C=O) groups excluding carboxylic acids is 1. The Bertz CT molecular complexity index is 843. The molecule has 0 unspecified atom stereocenters. The number of sulfonamides is 1. The summed E-state index contributed by atoms with van der Waals surface area (Å²) in [6, 6.07) is 11.4. The minimum atomic E-state index is -3.59. The number of benzene rings is 2. The zero-order valence-corrected chi connectivity index (χ0v) is 14.8. The van der Waals surface area contributed by atoms with Gasteiger partial charge in [-0.05, 0) is 48.9 Å². The van der Waals surface area contributed by atoms with Crippen LogP contribution in [0.25, 0.3) is 0 Å². The number of aryl methyl sites for hydroxylation is 1. The van der Waals surface area contributed by atoms with Crippen molar-refractivity contribution in [3.63, 3.8) is 0 Å².